The number of anilines is 1. The summed E-state index contributed by atoms with van der Waals surface area (Å²) in [7, 11) is 0. The molecule has 2 aromatic carbocycles. The molecule has 0 amide bonds. The monoisotopic (exact) mass is 352 g/mol. The molecule has 2 heterocycles. The molecule has 6 heteroatoms. The van der Waals surface area contributed by atoms with Crippen molar-refractivity contribution in [2.75, 3.05) is 5.32 Å². The summed E-state index contributed by atoms with van der Waals surface area (Å²) in [5.74, 6) is 0. The van der Waals surface area contributed by atoms with Gasteiger partial charge in [-0.25, -0.2) is 4.98 Å². The van der Waals surface area contributed by atoms with E-state index in [9.17, 15) is 0 Å². The van der Waals surface area contributed by atoms with Gasteiger partial charge in [-0.3, -0.25) is 4.99 Å². The number of benzene rings is 2. The zero-order chi connectivity index (χ0) is 16.5. The molecule has 0 aliphatic carbocycles. The van der Waals surface area contributed by atoms with Crippen molar-refractivity contribution in [2.45, 2.75) is 6.17 Å². The van der Waals surface area contributed by atoms with Crippen molar-refractivity contribution in [1.29, 1.82) is 0 Å². The van der Waals surface area contributed by atoms with Crippen molar-refractivity contribution < 1.29 is 0 Å². The Labute approximate surface area is 149 Å². The molecule has 24 heavy (non-hydrogen) atoms. The Morgan fingerprint density at radius 1 is 1.12 bits per heavy atom. The standard InChI is InChI=1S/C18H13ClN4S/c19-13-6-7-15-14(10-13)16(12-4-2-1-3-5-12)22-17(18(24)21-15)23-9-8-20-11-23/h1-11,17H,(H,21,24). The van der Waals surface area contributed by atoms with Gasteiger partial charge in [-0.1, -0.05) is 54.2 Å². The molecule has 0 spiro atoms. The molecule has 118 valence electrons. The van der Waals surface area contributed by atoms with E-state index in [2.05, 4.69) is 10.3 Å². The van der Waals surface area contributed by atoms with Gasteiger partial charge in [-0.2, -0.15) is 0 Å². The molecule has 1 aliphatic rings. The van der Waals surface area contributed by atoms with E-state index in [1.165, 1.54) is 0 Å². The smallest absolute Gasteiger partial charge is 0.177 e. The van der Waals surface area contributed by atoms with Crippen LogP contribution in [0.5, 0.6) is 0 Å². The lowest BCUT2D eigenvalue weighted by atomic mass is 10.0. The second-order valence-corrected chi connectivity index (χ2v) is 6.28. The van der Waals surface area contributed by atoms with Crippen LogP contribution in [0.4, 0.5) is 5.69 Å². The molecular weight excluding hydrogens is 340 g/mol. The normalized spacial score (nSPS) is 16.8. The highest BCUT2D eigenvalue weighted by molar-refractivity contribution is 7.80. The van der Waals surface area contributed by atoms with Crippen molar-refractivity contribution >= 4 is 40.2 Å². The summed E-state index contributed by atoms with van der Waals surface area (Å²) in [5.41, 5.74) is 3.69. The lowest BCUT2D eigenvalue weighted by Crippen LogP contribution is -2.21. The number of halogens is 1. The first-order valence-electron chi connectivity index (χ1n) is 7.44. The van der Waals surface area contributed by atoms with E-state index >= 15 is 0 Å². The number of aliphatic imine (C=N–C) groups is 1. The highest BCUT2D eigenvalue weighted by atomic mass is 35.5. The Morgan fingerprint density at radius 2 is 1.96 bits per heavy atom. The van der Waals surface area contributed by atoms with E-state index in [-0.39, 0.29) is 6.17 Å². The molecule has 1 atom stereocenters. The highest BCUT2D eigenvalue weighted by Gasteiger charge is 2.24. The second-order valence-electron chi connectivity index (χ2n) is 5.41. The predicted molar refractivity (Wildman–Crippen MR) is 101 cm³/mol. The largest absolute Gasteiger partial charge is 0.346 e. The molecule has 1 unspecified atom stereocenters. The van der Waals surface area contributed by atoms with Crippen LogP contribution in [0.3, 0.4) is 0 Å². The second kappa shape index (κ2) is 6.19. The Balaban J connectivity index is 1.94. The van der Waals surface area contributed by atoms with Crippen molar-refractivity contribution in [3.8, 4) is 0 Å². The van der Waals surface area contributed by atoms with Crippen LogP contribution < -0.4 is 5.32 Å². The molecule has 0 bridgehead atoms. The molecule has 1 aromatic heterocycles. The number of rotatable bonds is 2. The summed E-state index contributed by atoms with van der Waals surface area (Å²) in [5, 5.41) is 3.96. The SMILES string of the molecule is S=C1Nc2ccc(Cl)cc2C(c2ccccc2)=NC1n1ccnc1. The predicted octanol–water partition coefficient (Wildman–Crippen LogP) is 4.33. The molecule has 3 aromatic rings. The zero-order valence-corrected chi connectivity index (χ0v) is 14.1. The summed E-state index contributed by atoms with van der Waals surface area (Å²) in [4.78, 5) is 9.65. The fraction of sp³-hybridized carbons (Fsp3) is 0.0556. The van der Waals surface area contributed by atoms with E-state index in [4.69, 9.17) is 28.8 Å². The van der Waals surface area contributed by atoms with E-state index in [1.54, 1.807) is 12.5 Å². The van der Waals surface area contributed by atoms with Crippen molar-refractivity contribution in [1.82, 2.24) is 9.55 Å². The first-order valence-corrected chi connectivity index (χ1v) is 8.22. The first-order chi connectivity index (χ1) is 11.7. The summed E-state index contributed by atoms with van der Waals surface area (Å²) in [6.45, 7) is 0. The fourth-order valence-corrected chi connectivity index (χ4v) is 3.17. The summed E-state index contributed by atoms with van der Waals surface area (Å²) < 4.78 is 1.88. The van der Waals surface area contributed by atoms with Gasteiger partial charge in [0.25, 0.3) is 0 Å². The van der Waals surface area contributed by atoms with Gasteiger partial charge in [0.05, 0.1) is 12.0 Å². The maximum absolute atomic E-state index is 6.22. The molecule has 0 saturated heterocycles. The Kier molecular flexibility index (Phi) is 3.88. The van der Waals surface area contributed by atoms with Gasteiger partial charge in [0, 0.05) is 34.2 Å². The first kappa shape index (κ1) is 15.1. The molecule has 4 rings (SSSR count). The molecule has 4 nitrogen and oxygen atoms in total. The molecular formula is C18H13ClN4S. The Hall–Kier alpha value is -2.50. The molecule has 0 saturated carbocycles. The van der Waals surface area contributed by atoms with E-state index in [1.807, 2.05) is 59.3 Å². The summed E-state index contributed by atoms with van der Waals surface area (Å²) in [6.07, 6.45) is 4.93. The average molecular weight is 353 g/mol. The molecule has 1 aliphatic heterocycles. The summed E-state index contributed by atoms with van der Waals surface area (Å²) >= 11 is 11.8. The van der Waals surface area contributed by atoms with Crippen LogP contribution >= 0.6 is 23.8 Å². The number of imidazole rings is 1. The van der Waals surface area contributed by atoms with E-state index < -0.39 is 0 Å². The third-order valence-corrected chi connectivity index (χ3v) is 4.38. The van der Waals surface area contributed by atoms with Crippen LogP contribution in [-0.2, 0) is 0 Å². The topological polar surface area (TPSA) is 42.2 Å². The number of hydrogen-bond donors (Lipinski definition) is 1. The highest BCUT2D eigenvalue weighted by Crippen LogP contribution is 2.30. The van der Waals surface area contributed by atoms with Gasteiger partial charge >= 0.3 is 0 Å². The van der Waals surface area contributed by atoms with Gasteiger partial charge < -0.3 is 9.88 Å². The number of thiocarbonyl (C=S) groups is 1. The number of fused-ring (bicyclic) bond motifs is 1. The number of aromatic nitrogens is 2. The van der Waals surface area contributed by atoms with E-state index in [0.29, 0.717) is 10.0 Å². The third kappa shape index (κ3) is 2.72. The van der Waals surface area contributed by atoms with Crippen molar-refractivity contribution in [2.24, 2.45) is 4.99 Å². The van der Waals surface area contributed by atoms with Gasteiger partial charge in [0.15, 0.2) is 6.17 Å². The number of nitrogens with one attached hydrogen (secondary N) is 1. The van der Waals surface area contributed by atoms with Crippen LogP contribution in [0.2, 0.25) is 5.02 Å². The van der Waals surface area contributed by atoms with Crippen molar-refractivity contribution in [3.63, 3.8) is 0 Å². The number of nitrogens with zero attached hydrogens (tertiary/aromatic N) is 3. The van der Waals surface area contributed by atoms with Crippen molar-refractivity contribution in [3.05, 3.63) is 83.4 Å². The maximum Gasteiger partial charge on any atom is 0.177 e. The summed E-state index contributed by atoms with van der Waals surface area (Å²) in [6, 6.07) is 15.7. The molecule has 1 N–H and O–H groups in total. The van der Waals surface area contributed by atoms with Crippen LogP contribution in [-0.4, -0.2) is 20.3 Å². The van der Waals surface area contributed by atoms with Crippen LogP contribution in [0, 0.1) is 0 Å². The minimum absolute atomic E-state index is 0.358. The minimum Gasteiger partial charge on any atom is -0.346 e. The lowest BCUT2D eigenvalue weighted by molar-refractivity contribution is 0.675. The number of hydrogen-bond acceptors (Lipinski definition) is 3. The number of benzodiazepines with no additional fused rings is 1. The molecule has 0 fully saturated rings. The van der Waals surface area contributed by atoms with Crippen LogP contribution in [0.1, 0.15) is 17.3 Å². The van der Waals surface area contributed by atoms with E-state index in [0.717, 1.165) is 22.5 Å². The van der Waals surface area contributed by atoms with Crippen LogP contribution in [0.25, 0.3) is 0 Å². The third-order valence-electron chi connectivity index (χ3n) is 3.83. The zero-order valence-electron chi connectivity index (χ0n) is 12.6. The van der Waals surface area contributed by atoms with Gasteiger partial charge in [-0.15, -0.1) is 0 Å². The fourth-order valence-electron chi connectivity index (χ4n) is 2.71. The quantitative estimate of drug-likeness (QED) is 0.698. The lowest BCUT2D eigenvalue weighted by Gasteiger charge is -2.14. The molecule has 0 radical (unpaired) electrons. The maximum atomic E-state index is 6.22. The minimum atomic E-state index is -0.358. The Bertz CT molecular complexity index is 919. The average Bonchev–Trinajstić information content (AvgIpc) is 3.08. The Morgan fingerprint density at radius 3 is 2.71 bits per heavy atom. The van der Waals surface area contributed by atoms with Gasteiger partial charge in [0.2, 0.25) is 0 Å². The van der Waals surface area contributed by atoms with Crippen LogP contribution in [0.15, 0.2) is 72.2 Å². The van der Waals surface area contributed by atoms with Gasteiger partial charge in [-0.05, 0) is 18.2 Å². The van der Waals surface area contributed by atoms with Gasteiger partial charge in [0.1, 0.15) is 4.99 Å².